The third-order valence-electron chi connectivity index (χ3n) is 2.92. The first-order valence-corrected chi connectivity index (χ1v) is 7.75. The predicted molar refractivity (Wildman–Crippen MR) is 80.1 cm³/mol. The van der Waals surface area contributed by atoms with E-state index < -0.39 is 30.1 Å². The number of fused-ring (bicyclic) bond motifs is 1. The fourth-order valence-corrected chi connectivity index (χ4v) is 2.79. The second-order valence-electron chi connectivity index (χ2n) is 4.58. The van der Waals surface area contributed by atoms with Crippen molar-refractivity contribution in [1.29, 1.82) is 0 Å². The Hall–Kier alpha value is -2.46. The molecule has 10 heteroatoms. The normalized spacial score (nSPS) is 13.5. The number of carbonyl (C=O) groups excluding carboxylic acids is 3. The number of ketones is 2. The smallest absolute Gasteiger partial charge is 0.361 e. The fraction of sp³-hybridized carbons (Fsp3) is 0.357. The van der Waals surface area contributed by atoms with Crippen LogP contribution in [-0.4, -0.2) is 59.8 Å². The molecule has 0 aromatic carbocycles. The number of nitrogens with zero attached hydrogens (tertiary/aromatic N) is 1. The zero-order valence-corrected chi connectivity index (χ0v) is 13.4. The van der Waals surface area contributed by atoms with E-state index in [2.05, 4.69) is 9.89 Å². The Balaban J connectivity index is 2.00. The van der Waals surface area contributed by atoms with Crippen LogP contribution in [0.1, 0.15) is 37.8 Å². The summed E-state index contributed by atoms with van der Waals surface area (Å²) >= 11 is 1.10. The molecule has 1 aliphatic rings. The van der Waals surface area contributed by atoms with Crippen LogP contribution in [0, 0.1) is 0 Å². The van der Waals surface area contributed by atoms with Crippen LogP contribution in [0.3, 0.4) is 0 Å². The molecule has 24 heavy (non-hydrogen) atoms. The standard InChI is InChI=1S/C14H13NO8S/c1-21-14(20)11-10-12(19)8(5-7(16)13(10)23-15-11)24-4-2-3-22-6-9(17)18/h5H,2-4,6H2,1H3,(H,17,18). The lowest BCUT2D eigenvalue weighted by Crippen LogP contribution is -2.18. The highest BCUT2D eigenvalue weighted by Gasteiger charge is 2.36. The van der Waals surface area contributed by atoms with Gasteiger partial charge in [0.2, 0.25) is 23.0 Å². The van der Waals surface area contributed by atoms with Crippen molar-refractivity contribution in [2.24, 2.45) is 0 Å². The van der Waals surface area contributed by atoms with Crippen molar-refractivity contribution in [3.05, 3.63) is 28.0 Å². The molecule has 0 radical (unpaired) electrons. The van der Waals surface area contributed by atoms with E-state index >= 15 is 0 Å². The number of hydrogen-bond donors (Lipinski definition) is 1. The predicted octanol–water partition coefficient (Wildman–Crippen LogP) is 0.949. The van der Waals surface area contributed by atoms with Gasteiger partial charge in [-0.2, -0.15) is 0 Å². The van der Waals surface area contributed by atoms with Gasteiger partial charge in [-0.05, 0) is 6.42 Å². The minimum atomic E-state index is -1.06. The summed E-state index contributed by atoms with van der Waals surface area (Å²) in [7, 11) is 1.13. The van der Waals surface area contributed by atoms with E-state index in [9.17, 15) is 19.2 Å². The van der Waals surface area contributed by atoms with Gasteiger partial charge in [0, 0.05) is 18.4 Å². The van der Waals surface area contributed by atoms with Crippen molar-refractivity contribution in [3.63, 3.8) is 0 Å². The van der Waals surface area contributed by atoms with Crippen molar-refractivity contribution >= 4 is 35.3 Å². The van der Waals surface area contributed by atoms with Crippen LogP contribution in [-0.2, 0) is 14.3 Å². The van der Waals surface area contributed by atoms with Gasteiger partial charge < -0.3 is 19.1 Å². The van der Waals surface area contributed by atoms with Crippen LogP contribution in [0.2, 0.25) is 0 Å². The van der Waals surface area contributed by atoms with Crippen LogP contribution >= 0.6 is 11.8 Å². The highest BCUT2D eigenvalue weighted by Crippen LogP contribution is 2.30. The Morgan fingerprint density at radius 2 is 2.12 bits per heavy atom. The lowest BCUT2D eigenvalue weighted by molar-refractivity contribution is -0.142. The van der Waals surface area contributed by atoms with Crippen molar-refractivity contribution in [1.82, 2.24) is 5.16 Å². The quantitative estimate of drug-likeness (QED) is 0.530. The van der Waals surface area contributed by atoms with E-state index in [0.29, 0.717) is 12.2 Å². The minimum absolute atomic E-state index is 0.152. The molecule has 9 nitrogen and oxygen atoms in total. The zero-order chi connectivity index (χ0) is 17.7. The van der Waals surface area contributed by atoms with Gasteiger partial charge in [-0.15, -0.1) is 11.8 Å². The largest absolute Gasteiger partial charge is 0.480 e. The maximum Gasteiger partial charge on any atom is 0.361 e. The van der Waals surface area contributed by atoms with Gasteiger partial charge >= 0.3 is 11.9 Å². The van der Waals surface area contributed by atoms with Crippen LogP contribution in [0.15, 0.2) is 15.5 Å². The minimum Gasteiger partial charge on any atom is -0.480 e. The third-order valence-corrected chi connectivity index (χ3v) is 4.03. The second-order valence-corrected chi connectivity index (χ2v) is 5.71. The summed E-state index contributed by atoms with van der Waals surface area (Å²) in [6, 6.07) is 0. The second kappa shape index (κ2) is 7.88. The molecule has 0 aliphatic heterocycles. The highest BCUT2D eigenvalue weighted by molar-refractivity contribution is 8.04. The number of thioether (sulfide) groups is 1. The molecule has 1 aromatic rings. The molecule has 1 aromatic heterocycles. The van der Waals surface area contributed by atoms with Gasteiger partial charge in [-0.1, -0.05) is 5.16 Å². The molecular weight excluding hydrogens is 342 g/mol. The SMILES string of the molecule is COC(=O)c1noc2c1C(=O)C(SCCCOCC(=O)O)=CC2=O. The first-order chi connectivity index (χ1) is 11.5. The van der Waals surface area contributed by atoms with Gasteiger partial charge in [0.1, 0.15) is 12.2 Å². The molecule has 0 atom stereocenters. The van der Waals surface area contributed by atoms with Crippen LogP contribution in [0.4, 0.5) is 0 Å². The molecule has 0 saturated carbocycles. The number of carboxylic acid groups (broad SMARTS) is 1. The number of hydrogen-bond acceptors (Lipinski definition) is 9. The number of aliphatic carboxylic acids is 1. The maximum absolute atomic E-state index is 12.4. The molecule has 0 spiro atoms. The summed E-state index contributed by atoms with van der Waals surface area (Å²) in [5, 5.41) is 11.9. The van der Waals surface area contributed by atoms with E-state index in [4.69, 9.17) is 14.4 Å². The molecule has 0 saturated heterocycles. The van der Waals surface area contributed by atoms with Crippen LogP contribution in [0.5, 0.6) is 0 Å². The molecule has 128 valence electrons. The van der Waals surface area contributed by atoms with E-state index in [1.54, 1.807) is 0 Å². The van der Waals surface area contributed by atoms with E-state index in [0.717, 1.165) is 24.9 Å². The molecule has 0 amide bonds. The van der Waals surface area contributed by atoms with Crippen molar-refractivity contribution in [3.8, 4) is 0 Å². The number of carbonyl (C=O) groups is 4. The van der Waals surface area contributed by atoms with Gasteiger partial charge in [-0.25, -0.2) is 9.59 Å². The molecule has 2 rings (SSSR count). The average Bonchev–Trinajstić information content (AvgIpc) is 2.99. The summed E-state index contributed by atoms with van der Waals surface area (Å²) < 4.78 is 14.1. The summed E-state index contributed by atoms with van der Waals surface area (Å²) in [5.41, 5.74) is -0.527. The van der Waals surface area contributed by atoms with Crippen molar-refractivity contribution < 1.29 is 38.3 Å². The summed E-state index contributed by atoms with van der Waals surface area (Å²) in [6.45, 7) is -0.183. The first-order valence-electron chi connectivity index (χ1n) is 6.76. The molecule has 1 N–H and O–H groups in total. The molecule has 1 aliphatic carbocycles. The monoisotopic (exact) mass is 355 g/mol. The van der Waals surface area contributed by atoms with Crippen LogP contribution in [0.25, 0.3) is 0 Å². The molecule has 0 unspecified atom stereocenters. The number of carboxylic acids is 1. The Kier molecular flexibility index (Phi) is 5.88. The van der Waals surface area contributed by atoms with E-state index in [-0.39, 0.29) is 28.5 Å². The van der Waals surface area contributed by atoms with Gasteiger partial charge in [0.15, 0.2) is 0 Å². The van der Waals surface area contributed by atoms with Gasteiger partial charge in [0.25, 0.3) is 0 Å². The Labute approximate surface area is 140 Å². The number of allylic oxidation sites excluding steroid dienone is 2. The van der Waals surface area contributed by atoms with Gasteiger partial charge in [-0.3, -0.25) is 9.59 Å². The molecule has 0 fully saturated rings. The van der Waals surface area contributed by atoms with Crippen molar-refractivity contribution in [2.45, 2.75) is 6.42 Å². The highest BCUT2D eigenvalue weighted by atomic mass is 32.2. The first kappa shape index (κ1) is 17.9. The van der Waals surface area contributed by atoms with Gasteiger partial charge in [0.05, 0.1) is 12.0 Å². The van der Waals surface area contributed by atoms with Crippen LogP contribution < -0.4 is 0 Å². The zero-order valence-electron chi connectivity index (χ0n) is 12.6. The maximum atomic E-state index is 12.4. The number of Topliss-reactive ketones (excluding diaryl/α,β-unsaturated/α-hetero) is 1. The molecule has 0 bridgehead atoms. The number of rotatable bonds is 8. The summed E-state index contributed by atoms with van der Waals surface area (Å²) in [6.07, 6.45) is 1.61. The van der Waals surface area contributed by atoms with Crippen molar-refractivity contribution in [2.75, 3.05) is 26.1 Å². The number of methoxy groups -OCH3 is 1. The molecular formula is C14H13NO8S. The lowest BCUT2D eigenvalue weighted by Gasteiger charge is -2.10. The van der Waals surface area contributed by atoms with E-state index in [1.165, 1.54) is 0 Å². The van der Waals surface area contributed by atoms with E-state index in [1.807, 2.05) is 0 Å². The fourth-order valence-electron chi connectivity index (χ4n) is 1.89. The Morgan fingerprint density at radius 3 is 2.79 bits per heavy atom. The number of aromatic nitrogens is 1. The third kappa shape index (κ3) is 3.89. The number of esters is 1. The summed E-state index contributed by atoms with van der Waals surface area (Å²) in [4.78, 5) is 46.4. The Bertz CT molecular complexity index is 720. The molecule has 1 heterocycles. The lowest BCUT2D eigenvalue weighted by atomic mass is 10.00. The topological polar surface area (TPSA) is 133 Å². The number of ether oxygens (including phenoxy) is 2. The average molecular weight is 355 g/mol. The Morgan fingerprint density at radius 1 is 1.38 bits per heavy atom. The summed E-state index contributed by atoms with van der Waals surface area (Å²) in [5.74, 6) is -2.88.